The number of para-hydroxylation sites is 1. The van der Waals surface area contributed by atoms with E-state index in [0.29, 0.717) is 17.5 Å². The highest BCUT2D eigenvalue weighted by Crippen LogP contribution is 2.23. The molecule has 126 valence electrons. The van der Waals surface area contributed by atoms with Gasteiger partial charge in [0.2, 0.25) is 5.95 Å². The topological polar surface area (TPSA) is 87.1 Å². The smallest absolute Gasteiger partial charge is 0.337 e. The van der Waals surface area contributed by atoms with Gasteiger partial charge in [-0.3, -0.25) is 0 Å². The van der Waals surface area contributed by atoms with Crippen LogP contribution in [0, 0.1) is 6.92 Å². The van der Waals surface area contributed by atoms with E-state index in [-0.39, 0.29) is 5.56 Å². The molecule has 3 aromatic rings. The lowest BCUT2D eigenvalue weighted by Gasteiger charge is -2.11. The molecule has 0 radical (unpaired) electrons. The van der Waals surface area contributed by atoms with Crippen LogP contribution in [0.1, 0.15) is 16.1 Å². The summed E-state index contributed by atoms with van der Waals surface area (Å²) in [5.41, 5.74) is 2.25. The summed E-state index contributed by atoms with van der Waals surface area (Å²) < 4.78 is 0.943. The van der Waals surface area contributed by atoms with Gasteiger partial charge in [-0.1, -0.05) is 34.1 Å². The molecule has 0 fully saturated rings. The van der Waals surface area contributed by atoms with Crippen LogP contribution in [0.3, 0.4) is 0 Å². The highest BCUT2D eigenvalue weighted by molar-refractivity contribution is 9.10. The normalized spacial score (nSPS) is 10.3. The Kier molecular flexibility index (Phi) is 4.95. The van der Waals surface area contributed by atoms with Crippen molar-refractivity contribution in [3.05, 3.63) is 70.3 Å². The number of carbonyl (C=O) groups is 1. The average Bonchev–Trinajstić information content (AvgIpc) is 2.54. The summed E-state index contributed by atoms with van der Waals surface area (Å²) >= 11 is 3.42. The molecular formula is C18H15BrN4O2. The summed E-state index contributed by atoms with van der Waals surface area (Å²) in [6, 6.07) is 16.1. The minimum atomic E-state index is -0.999. The number of aryl methyl sites for hydroxylation is 1. The zero-order valence-corrected chi connectivity index (χ0v) is 14.9. The Hall–Kier alpha value is -2.93. The van der Waals surface area contributed by atoms with Crippen molar-refractivity contribution in [3.63, 3.8) is 0 Å². The number of carboxylic acid groups (broad SMARTS) is 1. The van der Waals surface area contributed by atoms with Crippen molar-refractivity contribution >= 4 is 45.0 Å². The summed E-state index contributed by atoms with van der Waals surface area (Å²) in [6.45, 7) is 1.85. The zero-order chi connectivity index (χ0) is 17.8. The number of nitrogens with one attached hydrogen (secondary N) is 2. The predicted octanol–water partition coefficient (Wildman–Crippen LogP) is 4.73. The van der Waals surface area contributed by atoms with Gasteiger partial charge in [-0.25, -0.2) is 9.78 Å². The summed E-state index contributed by atoms with van der Waals surface area (Å²) in [6.07, 6.45) is 0. The number of carboxylic acids is 1. The fourth-order valence-electron chi connectivity index (χ4n) is 2.30. The van der Waals surface area contributed by atoms with Crippen LogP contribution in [0.4, 0.5) is 23.1 Å². The number of rotatable bonds is 5. The number of anilines is 4. The standard InChI is InChI=1S/C18H15BrN4O2/c1-11-9-16(22-15-8-3-2-7-14(15)17(24)25)23-18(20-11)21-13-6-4-5-12(19)10-13/h2-10H,1H3,(H,24,25)(H2,20,21,22,23). The molecule has 0 amide bonds. The molecule has 0 saturated heterocycles. The number of nitrogens with zero attached hydrogens (tertiary/aromatic N) is 2. The van der Waals surface area contributed by atoms with E-state index >= 15 is 0 Å². The molecule has 1 aromatic heterocycles. The highest BCUT2D eigenvalue weighted by Gasteiger charge is 2.10. The zero-order valence-electron chi connectivity index (χ0n) is 13.3. The highest BCUT2D eigenvalue weighted by atomic mass is 79.9. The second-order valence-electron chi connectivity index (χ2n) is 5.33. The van der Waals surface area contributed by atoms with Gasteiger partial charge in [0.15, 0.2) is 0 Å². The van der Waals surface area contributed by atoms with Gasteiger partial charge in [0, 0.05) is 21.9 Å². The Morgan fingerprint density at radius 1 is 1.04 bits per heavy atom. The first kappa shape index (κ1) is 16.9. The van der Waals surface area contributed by atoms with E-state index in [1.54, 1.807) is 30.3 Å². The van der Waals surface area contributed by atoms with Crippen LogP contribution in [-0.4, -0.2) is 21.0 Å². The number of aromatic carboxylic acids is 1. The Labute approximate surface area is 153 Å². The van der Waals surface area contributed by atoms with Crippen molar-refractivity contribution in [2.24, 2.45) is 0 Å². The molecule has 0 bridgehead atoms. The van der Waals surface area contributed by atoms with E-state index in [0.717, 1.165) is 15.9 Å². The second kappa shape index (κ2) is 7.31. The van der Waals surface area contributed by atoms with Gasteiger partial charge < -0.3 is 15.7 Å². The van der Waals surface area contributed by atoms with Gasteiger partial charge in [0.1, 0.15) is 5.82 Å². The Morgan fingerprint density at radius 2 is 1.84 bits per heavy atom. The van der Waals surface area contributed by atoms with E-state index in [4.69, 9.17) is 0 Å². The first-order valence-electron chi connectivity index (χ1n) is 7.49. The van der Waals surface area contributed by atoms with Crippen LogP contribution in [0.5, 0.6) is 0 Å². The molecule has 2 aromatic carbocycles. The minimum Gasteiger partial charge on any atom is -0.478 e. The Bertz CT molecular complexity index is 930. The van der Waals surface area contributed by atoms with Crippen molar-refractivity contribution in [2.75, 3.05) is 10.6 Å². The molecule has 0 aliphatic carbocycles. The molecule has 0 atom stereocenters. The number of benzene rings is 2. The van der Waals surface area contributed by atoms with Crippen LogP contribution in [0.25, 0.3) is 0 Å². The van der Waals surface area contributed by atoms with E-state index in [1.807, 2.05) is 31.2 Å². The summed E-state index contributed by atoms with van der Waals surface area (Å²) in [7, 11) is 0. The average molecular weight is 399 g/mol. The van der Waals surface area contributed by atoms with Crippen molar-refractivity contribution in [1.29, 1.82) is 0 Å². The fourth-order valence-corrected chi connectivity index (χ4v) is 2.70. The molecule has 7 heteroatoms. The van der Waals surface area contributed by atoms with Gasteiger partial charge in [-0.2, -0.15) is 4.98 Å². The largest absolute Gasteiger partial charge is 0.478 e. The fraction of sp³-hybridized carbons (Fsp3) is 0.0556. The Morgan fingerprint density at radius 3 is 2.60 bits per heavy atom. The molecule has 0 unspecified atom stereocenters. The lowest BCUT2D eigenvalue weighted by Crippen LogP contribution is -2.05. The molecule has 0 aliphatic rings. The van der Waals surface area contributed by atoms with Crippen LogP contribution in [0.15, 0.2) is 59.1 Å². The third-order valence-electron chi connectivity index (χ3n) is 3.36. The first-order valence-corrected chi connectivity index (χ1v) is 8.28. The van der Waals surface area contributed by atoms with Crippen LogP contribution in [-0.2, 0) is 0 Å². The first-order chi connectivity index (χ1) is 12.0. The Balaban J connectivity index is 1.88. The molecule has 6 nitrogen and oxygen atoms in total. The number of hydrogen-bond acceptors (Lipinski definition) is 5. The van der Waals surface area contributed by atoms with E-state index < -0.39 is 5.97 Å². The maximum absolute atomic E-state index is 11.3. The molecule has 1 heterocycles. The second-order valence-corrected chi connectivity index (χ2v) is 6.24. The maximum atomic E-state index is 11.3. The molecule has 3 N–H and O–H groups in total. The van der Waals surface area contributed by atoms with Crippen molar-refractivity contribution < 1.29 is 9.90 Å². The summed E-state index contributed by atoms with van der Waals surface area (Å²) in [5.74, 6) is -0.0616. The van der Waals surface area contributed by atoms with Gasteiger partial charge in [-0.15, -0.1) is 0 Å². The molecule has 3 rings (SSSR count). The SMILES string of the molecule is Cc1cc(Nc2ccccc2C(=O)O)nc(Nc2cccc(Br)c2)n1. The van der Waals surface area contributed by atoms with Crippen molar-refractivity contribution in [1.82, 2.24) is 9.97 Å². The number of hydrogen-bond donors (Lipinski definition) is 3. The van der Waals surface area contributed by atoms with Crippen LogP contribution < -0.4 is 10.6 Å². The van der Waals surface area contributed by atoms with E-state index in [9.17, 15) is 9.90 Å². The third-order valence-corrected chi connectivity index (χ3v) is 3.85. The number of aromatic nitrogens is 2. The van der Waals surface area contributed by atoms with Gasteiger partial charge in [0.25, 0.3) is 0 Å². The van der Waals surface area contributed by atoms with Crippen LogP contribution in [0.2, 0.25) is 0 Å². The molecular weight excluding hydrogens is 384 g/mol. The third kappa shape index (κ3) is 4.33. The maximum Gasteiger partial charge on any atom is 0.337 e. The summed E-state index contributed by atoms with van der Waals surface area (Å²) in [5, 5.41) is 15.5. The molecule has 0 aliphatic heterocycles. The predicted molar refractivity (Wildman–Crippen MR) is 101 cm³/mol. The van der Waals surface area contributed by atoms with Gasteiger partial charge in [0.05, 0.1) is 11.3 Å². The van der Waals surface area contributed by atoms with E-state index in [1.165, 1.54) is 0 Å². The number of halogens is 1. The van der Waals surface area contributed by atoms with Gasteiger partial charge in [-0.05, 0) is 37.3 Å². The van der Waals surface area contributed by atoms with Crippen LogP contribution >= 0.6 is 15.9 Å². The lowest BCUT2D eigenvalue weighted by atomic mass is 10.2. The van der Waals surface area contributed by atoms with Gasteiger partial charge >= 0.3 is 5.97 Å². The van der Waals surface area contributed by atoms with Crippen molar-refractivity contribution in [2.45, 2.75) is 6.92 Å². The molecule has 0 saturated carbocycles. The summed E-state index contributed by atoms with van der Waals surface area (Å²) in [4.78, 5) is 20.1. The molecule has 25 heavy (non-hydrogen) atoms. The quantitative estimate of drug-likeness (QED) is 0.575. The monoisotopic (exact) mass is 398 g/mol. The molecule has 0 spiro atoms. The van der Waals surface area contributed by atoms with E-state index in [2.05, 4.69) is 36.5 Å². The van der Waals surface area contributed by atoms with Crippen molar-refractivity contribution in [3.8, 4) is 0 Å². The minimum absolute atomic E-state index is 0.181. The lowest BCUT2D eigenvalue weighted by molar-refractivity contribution is 0.0698.